The summed E-state index contributed by atoms with van der Waals surface area (Å²) in [5.41, 5.74) is 2.14. The number of likely N-dealkylation sites (N-methyl/N-ethyl adjacent to an activating group) is 1. The van der Waals surface area contributed by atoms with E-state index < -0.39 is 0 Å². The molecule has 3 saturated heterocycles. The van der Waals surface area contributed by atoms with Crippen LogP contribution in [0.1, 0.15) is 28.8 Å². The number of amides is 2. The van der Waals surface area contributed by atoms with Gasteiger partial charge in [-0.05, 0) is 56.5 Å². The van der Waals surface area contributed by atoms with Crippen LogP contribution in [0.5, 0.6) is 5.75 Å². The maximum Gasteiger partial charge on any atom is 0.264 e. The largest absolute Gasteiger partial charge is 0.481 e. The van der Waals surface area contributed by atoms with Crippen molar-refractivity contribution in [3.63, 3.8) is 0 Å². The molecule has 3 fully saturated rings. The van der Waals surface area contributed by atoms with E-state index in [4.69, 9.17) is 4.74 Å². The third kappa shape index (κ3) is 2.55. The van der Waals surface area contributed by atoms with Crippen LogP contribution in [0, 0.1) is 12.8 Å². The van der Waals surface area contributed by atoms with Crippen LogP contribution >= 0.6 is 0 Å². The van der Waals surface area contributed by atoms with E-state index in [1.165, 1.54) is 0 Å². The van der Waals surface area contributed by atoms with Crippen molar-refractivity contribution < 1.29 is 14.3 Å². The predicted octanol–water partition coefficient (Wildman–Crippen LogP) is 1.17. The van der Waals surface area contributed by atoms with Crippen LogP contribution in [0.25, 0.3) is 0 Å². The molecule has 1 aromatic rings. The van der Waals surface area contributed by atoms with Gasteiger partial charge in [0.15, 0.2) is 12.4 Å². The molecular formula is C18H23N3O3. The first-order chi connectivity index (χ1) is 11.5. The van der Waals surface area contributed by atoms with Gasteiger partial charge in [-0.2, -0.15) is 0 Å². The van der Waals surface area contributed by atoms with E-state index in [-0.39, 0.29) is 24.5 Å². The molecule has 128 valence electrons. The van der Waals surface area contributed by atoms with Crippen molar-refractivity contribution >= 4 is 17.5 Å². The maximum absolute atomic E-state index is 12.9. The Balaban J connectivity index is 1.61. The fourth-order valence-electron chi connectivity index (χ4n) is 4.06. The summed E-state index contributed by atoms with van der Waals surface area (Å²) in [6, 6.07) is 3.94. The number of carbonyl (C=O) groups is 2. The highest BCUT2D eigenvalue weighted by molar-refractivity contribution is 6.04. The van der Waals surface area contributed by atoms with Crippen molar-refractivity contribution in [2.75, 3.05) is 38.2 Å². The number of nitrogens with zero attached hydrogens (tertiary/aromatic N) is 2. The van der Waals surface area contributed by atoms with Gasteiger partial charge in [0.25, 0.3) is 11.8 Å². The molecule has 5 rings (SSSR count). The third-order valence-corrected chi connectivity index (χ3v) is 5.51. The molecule has 2 bridgehead atoms. The highest BCUT2D eigenvalue weighted by Crippen LogP contribution is 2.36. The lowest BCUT2D eigenvalue weighted by molar-refractivity contribution is -0.121. The smallest absolute Gasteiger partial charge is 0.264 e. The van der Waals surface area contributed by atoms with E-state index in [0.29, 0.717) is 22.9 Å². The third-order valence-electron chi connectivity index (χ3n) is 5.51. The Morgan fingerprint density at radius 1 is 1.29 bits per heavy atom. The molecule has 4 aliphatic heterocycles. The van der Waals surface area contributed by atoms with Crippen molar-refractivity contribution in [2.24, 2.45) is 5.92 Å². The zero-order valence-corrected chi connectivity index (χ0v) is 14.2. The second-order valence-electron chi connectivity index (χ2n) is 7.12. The molecule has 24 heavy (non-hydrogen) atoms. The number of fused-ring (bicyclic) bond motifs is 4. The van der Waals surface area contributed by atoms with E-state index in [1.54, 1.807) is 11.9 Å². The van der Waals surface area contributed by atoms with Crippen LogP contribution < -0.4 is 15.0 Å². The van der Waals surface area contributed by atoms with Crippen molar-refractivity contribution in [3.05, 3.63) is 23.3 Å². The highest BCUT2D eigenvalue weighted by Gasteiger charge is 2.36. The molecule has 0 saturated carbocycles. The molecule has 1 N–H and O–H groups in total. The predicted molar refractivity (Wildman–Crippen MR) is 90.5 cm³/mol. The first-order valence-corrected chi connectivity index (χ1v) is 8.60. The first kappa shape index (κ1) is 15.4. The van der Waals surface area contributed by atoms with Crippen LogP contribution in [-0.2, 0) is 4.79 Å². The fraction of sp³-hybridized carbons (Fsp3) is 0.556. The van der Waals surface area contributed by atoms with Gasteiger partial charge in [0.2, 0.25) is 0 Å². The number of piperidine rings is 3. The normalized spacial score (nSPS) is 28.3. The summed E-state index contributed by atoms with van der Waals surface area (Å²) in [5.74, 6) is 0.888. The van der Waals surface area contributed by atoms with Crippen LogP contribution in [0.3, 0.4) is 0 Å². The molecule has 0 aliphatic carbocycles. The van der Waals surface area contributed by atoms with Gasteiger partial charge < -0.3 is 19.9 Å². The molecule has 1 aromatic carbocycles. The van der Waals surface area contributed by atoms with Crippen LogP contribution in [0.15, 0.2) is 12.1 Å². The molecule has 0 radical (unpaired) electrons. The average molecular weight is 329 g/mol. The number of aryl methyl sites for hydroxylation is 1. The topological polar surface area (TPSA) is 61.9 Å². The highest BCUT2D eigenvalue weighted by atomic mass is 16.5. The second kappa shape index (κ2) is 5.77. The van der Waals surface area contributed by atoms with Crippen molar-refractivity contribution in [2.45, 2.75) is 25.8 Å². The van der Waals surface area contributed by atoms with Crippen LogP contribution in [0.2, 0.25) is 0 Å². The summed E-state index contributed by atoms with van der Waals surface area (Å²) in [7, 11) is 1.72. The Bertz CT molecular complexity index is 695. The fourth-order valence-corrected chi connectivity index (χ4v) is 4.06. The molecule has 4 aliphatic rings. The Kier molecular flexibility index (Phi) is 3.72. The van der Waals surface area contributed by atoms with E-state index >= 15 is 0 Å². The Labute approximate surface area is 141 Å². The van der Waals surface area contributed by atoms with Gasteiger partial charge in [0.05, 0.1) is 11.3 Å². The van der Waals surface area contributed by atoms with Gasteiger partial charge in [-0.15, -0.1) is 0 Å². The van der Waals surface area contributed by atoms with Crippen molar-refractivity contribution in [1.29, 1.82) is 0 Å². The molecule has 1 unspecified atom stereocenters. The van der Waals surface area contributed by atoms with Gasteiger partial charge in [0, 0.05) is 19.6 Å². The number of rotatable bonds is 2. The minimum absolute atomic E-state index is 0.0212. The average Bonchev–Trinajstić information content (AvgIpc) is 2.59. The monoisotopic (exact) mass is 329 g/mol. The number of carbonyl (C=O) groups excluding carboxylic acids is 2. The number of ether oxygens (including phenoxy) is 1. The summed E-state index contributed by atoms with van der Waals surface area (Å²) in [6.45, 7) is 5.13. The van der Waals surface area contributed by atoms with E-state index in [2.05, 4.69) is 10.2 Å². The molecule has 1 atom stereocenters. The minimum Gasteiger partial charge on any atom is -0.481 e. The summed E-state index contributed by atoms with van der Waals surface area (Å²) >= 11 is 0. The quantitative estimate of drug-likeness (QED) is 0.885. The summed E-state index contributed by atoms with van der Waals surface area (Å²) < 4.78 is 5.60. The number of benzene rings is 1. The lowest BCUT2D eigenvalue weighted by atomic mass is 9.84. The lowest BCUT2D eigenvalue weighted by Gasteiger charge is -2.45. The zero-order chi connectivity index (χ0) is 16.8. The van der Waals surface area contributed by atoms with Crippen molar-refractivity contribution in [1.82, 2.24) is 10.2 Å². The molecule has 0 aromatic heterocycles. The van der Waals surface area contributed by atoms with Gasteiger partial charge >= 0.3 is 0 Å². The molecule has 0 spiro atoms. The Morgan fingerprint density at radius 3 is 2.71 bits per heavy atom. The number of hydrogen-bond acceptors (Lipinski definition) is 4. The number of nitrogens with one attached hydrogen (secondary N) is 1. The number of anilines is 1. The summed E-state index contributed by atoms with van der Waals surface area (Å²) in [6.07, 6.45) is 2.31. The van der Waals surface area contributed by atoms with Crippen LogP contribution in [-0.4, -0.2) is 56.0 Å². The van der Waals surface area contributed by atoms with E-state index in [0.717, 1.165) is 38.0 Å². The minimum atomic E-state index is -0.101. The van der Waals surface area contributed by atoms with Gasteiger partial charge in [-0.25, -0.2) is 0 Å². The molecule has 2 amide bonds. The Morgan fingerprint density at radius 2 is 2.04 bits per heavy atom. The molecular weight excluding hydrogens is 306 g/mol. The van der Waals surface area contributed by atoms with Gasteiger partial charge in [0.1, 0.15) is 0 Å². The van der Waals surface area contributed by atoms with Crippen LogP contribution in [0.4, 0.5) is 5.69 Å². The summed E-state index contributed by atoms with van der Waals surface area (Å²) in [4.78, 5) is 28.7. The zero-order valence-electron chi connectivity index (χ0n) is 14.2. The standard InChI is InChI=1S/C18H23N3O3/c1-11-7-13(17-15(8-11)20(2)16(22)10-24-17)18(23)19-14-9-21-5-3-12(14)4-6-21/h7-8,12,14H,3-6,9-10H2,1-2H3,(H,19,23). The molecule has 6 heteroatoms. The van der Waals surface area contributed by atoms with Gasteiger partial charge in [-0.1, -0.05) is 0 Å². The van der Waals surface area contributed by atoms with Gasteiger partial charge in [-0.3, -0.25) is 9.59 Å². The van der Waals surface area contributed by atoms with E-state index in [9.17, 15) is 9.59 Å². The maximum atomic E-state index is 12.9. The number of hydrogen-bond donors (Lipinski definition) is 1. The van der Waals surface area contributed by atoms with Crippen molar-refractivity contribution in [3.8, 4) is 5.75 Å². The molecule has 6 nitrogen and oxygen atoms in total. The molecule has 4 heterocycles. The van der Waals surface area contributed by atoms with E-state index in [1.807, 2.05) is 19.1 Å². The summed E-state index contributed by atoms with van der Waals surface area (Å²) in [5, 5.41) is 3.21. The first-order valence-electron chi connectivity index (χ1n) is 8.60. The second-order valence-corrected chi connectivity index (χ2v) is 7.12. The lowest BCUT2D eigenvalue weighted by Crippen LogP contribution is -2.57. The SMILES string of the molecule is Cc1cc(C(=O)NC2CN3CCC2CC3)c2c(c1)N(C)C(=O)CO2. The Hall–Kier alpha value is -2.08.